The van der Waals surface area contributed by atoms with Gasteiger partial charge in [0, 0.05) is 24.5 Å². The number of anilines is 1. The monoisotopic (exact) mass is 631 g/mol. The summed E-state index contributed by atoms with van der Waals surface area (Å²) in [5, 5.41) is 3.50. The molecule has 1 atom stereocenters. The maximum Gasteiger partial charge on any atom is 0.264 e. The lowest BCUT2D eigenvalue weighted by Gasteiger charge is -2.34. The molecule has 0 aliphatic carbocycles. The highest BCUT2D eigenvalue weighted by atomic mass is 35.5. The molecule has 7 nitrogen and oxygen atoms in total. The molecule has 0 saturated heterocycles. The second-order valence-electron chi connectivity index (χ2n) is 10.7. The molecule has 2 amide bonds. The van der Waals surface area contributed by atoms with Crippen LogP contribution in [0.15, 0.2) is 108 Å². The lowest BCUT2D eigenvalue weighted by Crippen LogP contribution is -2.53. The SMILES string of the molecule is CCCNC(=O)[C@@H](Cc1ccccc1)N(Cc1ccc(Cl)cc1)C(=O)CN(c1ccc(C)c(C)c1)S(=O)(=O)c1ccccc1. The second-order valence-corrected chi connectivity index (χ2v) is 13.0. The number of amides is 2. The molecule has 0 radical (unpaired) electrons. The van der Waals surface area contributed by atoms with Crippen molar-refractivity contribution in [3.63, 3.8) is 0 Å². The molecule has 4 aromatic rings. The van der Waals surface area contributed by atoms with Crippen LogP contribution in [0.5, 0.6) is 0 Å². The first kappa shape index (κ1) is 32.8. The number of hydrogen-bond acceptors (Lipinski definition) is 4. The van der Waals surface area contributed by atoms with Crippen molar-refractivity contribution in [1.82, 2.24) is 10.2 Å². The van der Waals surface area contributed by atoms with Gasteiger partial charge < -0.3 is 10.2 Å². The van der Waals surface area contributed by atoms with Gasteiger partial charge in [-0.05, 0) is 78.9 Å². The zero-order chi connectivity index (χ0) is 31.7. The molecule has 4 rings (SSSR count). The first-order chi connectivity index (χ1) is 21.1. The Bertz CT molecular complexity index is 1660. The van der Waals surface area contributed by atoms with E-state index in [4.69, 9.17) is 11.6 Å². The Labute approximate surface area is 265 Å². The van der Waals surface area contributed by atoms with Gasteiger partial charge in [-0.15, -0.1) is 0 Å². The first-order valence-corrected chi connectivity index (χ1v) is 16.4. The third kappa shape index (κ3) is 8.27. The van der Waals surface area contributed by atoms with Gasteiger partial charge in [0.1, 0.15) is 12.6 Å². The highest BCUT2D eigenvalue weighted by Crippen LogP contribution is 2.27. The number of aryl methyl sites for hydroxylation is 2. The van der Waals surface area contributed by atoms with E-state index in [-0.39, 0.29) is 23.8 Å². The maximum absolute atomic E-state index is 14.5. The van der Waals surface area contributed by atoms with E-state index >= 15 is 0 Å². The Morgan fingerprint density at radius 3 is 2.07 bits per heavy atom. The molecule has 9 heteroatoms. The van der Waals surface area contributed by atoms with Gasteiger partial charge in [0.15, 0.2) is 0 Å². The van der Waals surface area contributed by atoms with E-state index in [9.17, 15) is 18.0 Å². The quantitative estimate of drug-likeness (QED) is 0.187. The lowest BCUT2D eigenvalue weighted by molar-refractivity contribution is -0.140. The highest BCUT2D eigenvalue weighted by molar-refractivity contribution is 7.92. The van der Waals surface area contributed by atoms with E-state index in [1.165, 1.54) is 17.0 Å². The molecule has 44 heavy (non-hydrogen) atoms. The third-order valence-electron chi connectivity index (χ3n) is 7.48. The third-order valence-corrected chi connectivity index (χ3v) is 9.52. The Morgan fingerprint density at radius 1 is 0.818 bits per heavy atom. The van der Waals surface area contributed by atoms with Crippen molar-refractivity contribution < 1.29 is 18.0 Å². The second kappa shape index (κ2) is 15.0. The van der Waals surface area contributed by atoms with E-state index in [1.54, 1.807) is 54.6 Å². The summed E-state index contributed by atoms with van der Waals surface area (Å²) in [7, 11) is -4.14. The van der Waals surface area contributed by atoms with Crippen LogP contribution in [-0.2, 0) is 32.6 Å². The van der Waals surface area contributed by atoms with Crippen molar-refractivity contribution in [1.29, 1.82) is 0 Å². The van der Waals surface area contributed by atoms with Crippen LogP contribution in [0.3, 0.4) is 0 Å². The van der Waals surface area contributed by atoms with Crippen LogP contribution in [0.1, 0.15) is 35.6 Å². The predicted octanol–water partition coefficient (Wildman–Crippen LogP) is 6.32. The molecule has 0 spiro atoms. The van der Waals surface area contributed by atoms with Gasteiger partial charge in [-0.25, -0.2) is 8.42 Å². The normalized spacial score (nSPS) is 11.9. The lowest BCUT2D eigenvalue weighted by atomic mass is 10.0. The zero-order valence-electron chi connectivity index (χ0n) is 25.2. The molecule has 0 bridgehead atoms. The first-order valence-electron chi connectivity index (χ1n) is 14.6. The van der Waals surface area contributed by atoms with Crippen molar-refractivity contribution in [2.75, 3.05) is 17.4 Å². The molecule has 0 heterocycles. The summed E-state index contributed by atoms with van der Waals surface area (Å²) >= 11 is 6.14. The van der Waals surface area contributed by atoms with Crippen molar-refractivity contribution in [3.05, 3.63) is 130 Å². The van der Waals surface area contributed by atoms with E-state index in [0.717, 1.165) is 33.0 Å². The van der Waals surface area contributed by atoms with Crippen LogP contribution in [0.2, 0.25) is 5.02 Å². The molecule has 0 aliphatic heterocycles. The van der Waals surface area contributed by atoms with Crippen molar-refractivity contribution >= 4 is 39.1 Å². The van der Waals surface area contributed by atoms with Crippen molar-refractivity contribution in [2.45, 2.75) is 51.1 Å². The molecular weight excluding hydrogens is 594 g/mol. The molecule has 0 aromatic heterocycles. The minimum Gasteiger partial charge on any atom is -0.354 e. The fourth-order valence-electron chi connectivity index (χ4n) is 4.84. The van der Waals surface area contributed by atoms with E-state index in [2.05, 4.69) is 5.32 Å². The summed E-state index contributed by atoms with van der Waals surface area (Å²) in [5.74, 6) is -0.813. The number of carbonyl (C=O) groups is 2. The van der Waals surface area contributed by atoms with Crippen LogP contribution < -0.4 is 9.62 Å². The topological polar surface area (TPSA) is 86.8 Å². The fourth-order valence-corrected chi connectivity index (χ4v) is 6.39. The molecule has 0 aliphatic rings. The van der Waals surface area contributed by atoms with Gasteiger partial charge in [-0.2, -0.15) is 0 Å². The minimum atomic E-state index is -4.14. The number of carbonyl (C=O) groups excluding carboxylic acids is 2. The Hall–Kier alpha value is -4.14. The summed E-state index contributed by atoms with van der Waals surface area (Å²) in [6.07, 6.45) is 0.982. The molecule has 230 valence electrons. The minimum absolute atomic E-state index is 0.0665. The van der Waals surface area contributed by atoms with Gasteiger partial charge >= 0.3 is 0 Å². The molecule has 4 aromatic carbocycles. The number of sulfonamides is 1. The number of halogens is 1. The smallest absolute Gasteiger partial charge is 0.264 e. The molecule has 0 unspecified atom stereocenters. The number of rotatable bonds is 13. The maximum atomic E-state index is 14.5. The van der Waals surface area contributed by atoms with Gasteiger partial charge in [-0.1, -0.05) is 85.3 Å². The van der Waals surface area contributed by atoms with Crippen LogP contribution in [0.25, 0.3) is 0 Å². The summed E-state index contributed by atoms with van der Waals surface area (Å²) in [6, 6.07) is 29.0. The number of benzene rings is 4. The van der Waals surface area contributed by atoms with Crippen LogP contribution in [-0.4, -0.2) is 44.3 Å². The van der Waals surface area contributed by atoms with Crippen LogP contribution in [0, 0.1) is 13.8 Å². The summed E-state index contributed by atoms with van der Waals surface area (Å²) in [5.41, 5.74) is 3.89. The summed E-state index contributed by atoms with van der Waals surface area (Å²) in [6.45, 7) is 5.83. The van der Waals surface area contributed by atoms with Gasteiger partial charge in [0.05, 0.1) is 10.6 Å². The number of nitrogens with one attached hydrogen (secondary N) is 1. The van der Waals surface area contributed by atoms with Crippen LogP contribution >= 0.6 is 11.6 Å². The van der Waals surface area contributed by atoms with Gasteiger partial charge in [0.2, 0.25) is 11.8 Å². The summed E-state index contributed by atoms with van der Waals surface area (Å²) < 4.78 is 29.3. The van der Waals surface area contributed by atoms with Crippen molar-refractivity contribution in [3.8, 4) is 0 Å². The van der Waals surface area contributed by atoms with Gasteiger partial charge in [-0.3, -0.25) is 13.9 Å². The largest absolute Gasteiger partial charge is 0.354 e. The van der Waals surface area contributed by atoms with Crippen molar-refractivity contribution in [2.24, 2.45) is 0 Å². The van der Waals surface area contributed by atoms with Gasteiger partial charge in [0.25, 0.3) is 10.0 Å². The molecule has 0 saturated carbocycles. The molecule has 1 N–H and O–H groups in total. The predicted molar refractivity (Wildman–Crippen MR) is 176 cm³/mol. The average Bonchev–Trinajstić information content (AvgIpc) is 3.03. The Kier molecular flexibility index (Phi) is 11.2. The van der Waals surface area contributed by atoms with E-state index in [0.29, 0.717) is 17.3 Å². The number of hydrogen-bond donors (Lipinski definition) is 1. The molecule has 0 fully saturated rings. The average molecular weight is 632 g/mol. The Balaban J connectivity index is 1.80. The van der Waals surface area contributed by atoms with E-state index in [1.807, 2.05) is 57.2 Å². The fraction of sp³-hybridized carbons (Fsp3) is 0.257. The highest BCUT2D eigenvalue weighted by Gasteiger charge is 2.34. The number of nitrogens with zero attached hydrogens (tertiary/aromatic N) is 2. The van der Waals surface area contributed by atoms with E-state index < -0.39 is 28.5 Å². The Morgan fingerprint density at radius 2 is 1.45 bits per heavy atom. The summed E-state index contributed by atoms with van der Waals surface area (Å²) in [4.78, 5) is 29.7. The molecular formula is C35H38ClN3O4S. The zero-order valence-corrected chi connectivity index (χ0v) is 26.8. The van der Waals surface area contributed by atoms with Crippen LogP contribution in [0.4, 0.5) is 5.69 Å². The standard InChI is InChI=1S/C35H38ClN3O4S/c1-4-21-37-35(41)33(23-28-11-7-5-8-12-28)38(24-29-16-18-30(36)19-17-29)34(40)25-39(31-20-15-26(2)27(3)22-31)44(42,43)32-13-9-6-10-14-32/h5-20,22,33H,4,21,23-25H2,1-3H3,(H,37,41)/t33-/m1/s1.